The summed E-state index contributed by atoms with van der Waals surface area (Å²) in [6.07, 6.45) is 1.52. The van der Waals surface area contributed by atoms with Crippen LogP contribution in [-0.2, 0) is 26.2 Å². The van der Waals surface area contributed by atoms with Gasteiger partial charge in [-0.1, -0.05) is 17.7 Å². The Morgan fingerprint density at radius 3 is 2.09 bits per heavy atom. The molecular formula is C12H14BCl3N2O3Zr. The van der Waals surface area contributed by atoms with Gasteiger partial charge in [0.05, 0.1) is 6.20 Å². The Balaban J connectivity index is -0.000000902. The number of aryl methyl sites for hydroxylation is 3. The molecule has 5 nitrogen and oxygen atoms in total. The summed E-state index contributed by atoms with van der Waals surface area (Å²) >= 11 is 0. The van der Waals surface area contributed by atoms with Crippen LogP contribution in [0.15, 0.2) is 24.4 Å². The Labute approximate surface area is 167 Å². The Kier molecular flexibility index (Phi) is 14.0. The second-order valence-electron chi connectivity index (χ2n) is 4.28. The molecule has 1 aromatic heterocycles. The summed E-state index contributed by atoms with van der Waals surface area (Å²) in [5.41, 5.74) is 4.92. The van der Waals surface area contributed by atoms with Gasteiger partial charge in [-0.15, -0.1) is 9.94 Å². The fourth-order valence-electron chi connectivity index (χ4n) is 2.22. The van der Waals surface area contributed by atoms with E-state index in [1.165, 1.54) is 11.8 Å². The molecule has 0 atom stereocenters. The van der Waals surface area contributed by atoms with E-state index in [0.29, 0.717) is 5.69 Å². The van der Waals surface area contributed by atoms with E-state index in [-0.39, 0.29) is 63.4 Å². The molecule has 2 aromatic rings. The third-order valence-corrected chi connectivity index (χ3v) is 2.73. The number of nitrogens with zero attached hydrogens (tertiary/aromatic N) is 2. The van der Waals surface area contributed by atoms with E-state index in [1.807, 2.05) is 32.9 Å². The number of hydrogen-bond acceptors (Lipinski definition) is 4. The number of halogens is 3. The van der Waals surface area contributed by atoms with Gasteiger partial charge in [0.25, 0.3) is 0 Å². The molecule has 1 N–H and O–H groups in total. The van der Waals surface area contributed by atoms with Crippen molar-refractivity contribution in [3.8, 4) is 11.3 Å². The van der Waals surface area contributed by atoms with Crippen LogP contribution < -0.4 is 47.0 Å². The molecule has 0 unspecified atom stereocenters. The van der Waals surface area contributed by atoms with Crippen molar-refractivity contribution in [1.82, 2.24) is 9.94 Å². The predicted octanol–water partition coefficient (Wildman–Crippen LogP) is -8.75. The fraction of sp³-hybridized carbons (Fsp3) is 0.250. The van der Waals surface area contributed by atoms with Crippen molar-refractivity contribution in [3.63, 3.8) is 0 Å². The van der Waals surface area contributed by atoms with Crippen LogP contribution in [0.3, 0.4) is 0 Å². The first kappa shape index (κ1) is 26.8. The topological polar surface area (TPSA) is 70.3 Å². The van der Waals surface area contributed by atoms with Crippen LogP contribution in [0.1, 0.15) is 16.7 Å². The van der Waals surface area contributed by atoms with Gasteiger partial charge in [-0.25, -0.2) is 0 Å². The summed E-state index contributed by atoms with van der Waals surface area (Å²) in [5.74, 6) is 0. The van der Waals surface area contributed by atoms with Gasteiger partial charge in [0.1, 0.15) is 5.69 Å². The maximum Gasteiger partial charge on any atom is 4.00 e. The van der Waals surface area contributed by atoms with E-state index in [4.69, 9.17) is 5.02 Å². The van der Waals surface area contributed by atoms with Crippen LogP contribution in [0.25, 0.3) is 11.3 Å². The second kappa shape index (κ2) is 11.5. The Hall–Kier alpha value is -0.0319. The Morgan fingerprint density at radius 2 is 1.64 bits per heavy atom. The Morgan fingerprint density at radius 1 is 1.14 bits per heavy atom. The maximum atomic E-state index is 10.7. The van der Waals surface area contributed by atoms with Gasteiger partial charge in [-0.05, 0) is 38.0 Å². The standard InChI is InChI=1S/C12H14BN2O3.3ClH.Zr/c1-8-6-9(2)12(10(3)7-8)11-4-5-14-15(11)18-13(16)17;;;;/h4-7,16H,1-3H3;3*1H;/q-1;;;;+4/p-3. The minimum atomic E-state index is -2.14. The Bertz CT molecular complexity index is 561. The molecule has 0 aliphatic rings. The molecule has 2 rings (SSSR count). The molecule has 0 fully saturated rings. The van der Waals surface area contributed by atoms with Crippen LogP contribution >= 0.6 is 0 Å². The van der Waals surface area contributed by atoms with Gasteiger partial charge in [0.2, 0.25) is 0 Å². The number of rotatable bonds is 3. The van der Waals surface area contributed by atoms with Gasteiger partial charge >= 0.3 is 33.5 Å². The van der Waals surface area contributed by atoms with Gasteiger partial charge in [0.15, 0.2) is 0 Å². The molecule has 0 amide bonds. The van der Waals surface area contributed by atoms with E-state index in [0.717, 1.165) is 21.5 Å². The average molecular weight is 443 g/mol. The zero-order valence-electron chi connectivity index (χ0n) is 12.2. The summed E-state index contributed by atoms with van der Waals surface area (Å²) in [5, 5.41) is 23.3. The molecule has 0 saturated heterocycles. The molecule has 1 heterocycles. The summed E-state index contributed by atoms with van der Waals surface area (Å²) in [7, 11) is -2.14. The molecule has 0 bridgehead atoms. The van der Waals surface area contributed by atoms with E-state index in [1.54, 1.807) is 6.07 Å². The number of aromatic nitrogens is 2. The summed E-state index contributed by atoms with van der Waals surface area (Å²) < 4.78 is 4.69. The first-order valence-electron chi connectivity index (χ1n) is 5.62. The molecule has 1 aromatic carbocycles. The van der Waals surface area contributed by atoms with Gasteiger partial charge in [-0.3, -0.25) is 0 Å². The minimum Gasteiger partial charge on any atom is -1.00 e. The third-order valence-electron chi connectivity index (χ3n) is 2.73. The minimum absolute atomic E-state index is 0. The van der Waals surface area contributed by atoms with E-state index in [2.05, 4.69) is 9.85 Å². The zero-order chi connectivity index (χ0) is 13.3. The molecule has 0 saturated carbocycles. The van der Waals surface area contributed by atoms with Crippen molar-refractivity contribution in [2.24, 2.45) is 0 Å². The monoisotopic (exact) mass is 440 g/mol. The maximum absolute atomic E-state index is 10.7. The van der Waals surface area contributed by atoms with E-state index < -0.39 is 7.32 Å². The average Bonchev–Trinajstić information content (AvgIpc) is 2.63. The van der Waals surface area contributed by atoms with E-state index in [9.17, 15) is 5.02 Å². The fourth-order valence-corrected chi connectivity index (χ4v) is 2.22. The van der Waals surface area contributed by atoms with E-state index >= 15 is 0 Å². The molecular weight excluding hydrogens is 429 g/mol. The zero-order valence-corrected chi connectivity index (χ0v) is 16.9. The SMILES string of the molecule is Cc1cc(C)c(-c2ccnn2OB([O-])O)c(C)c1.[Cl-].[Cl-].[Cl-].[Zr+4]. The predicted molar refractivity (Wildman–Crippen MR) is 66.4 cm³/mol. The second-order valence-corrected chi connectivity index (χ2v) is 4.28. The van der Waals surface area contributed by atoms with Crippen molar-refractivity contribution < 1.29 is 78.2 Å². The summed E-state index contributed by atoms with van der Waals surface area (Å²) in [6, 6.07) is 5.84. The molecule has 0 spiro atoms. The third kappa shape index (κ3) is 6.23. The number of hydrogen-bond donors (Lipinski definition) is 1. The number of benzene rings is 1. The molecule has 10 heteroatoms. The van der Waals surface area contributed by atoms with Crippen LogP contribution in [0.4, 0.5) is 0 Å². The van der Waals surface area contributed by atoms with Gasteiger partial charge < -0.3 is 52.0 Å². The van der Waals surface area contributed by atoms with Crippen LogP contribution in [-0.4, -0.2) is 22.3 Å². The first-order valence-corrected chi connectivity index (χ1v) is 5.62. The quantitative estimate of drug-likeness (QED) is 0.480. The normalized spacial score (nSPS) is 8.59. The van der Waals surface area contributed by atoms with Crippen LogP contribution in [0.5, 0.6) is 0 Å². The van der Waals surface area contributed by atoms with Crippen LogP contribution in [0, 0.1) is 20.8 Å². The molecule has 0 aliphatic heterocycles. The van der Waals surface area contributed by atoms with Gasteiger partial charge in [-0.2, -0.15) is 0 Å². The molecule has 0 aliphatic carbocycles. The van der Waals surface area contributed by atoms with Crippen molar-refractivity contribution in [2.45, 2.75) is 20.8 Å². The first-order chi connectivity index (χ1) is 8.49. The summed E-state index contributed by atoms with van der Waals surface area (Å²) in [4.78, 5) is 1.06. The molecule has 22 heavy (non-hydrogen) atoms. The largest absolute Gasteiger partial charge is 4.00 e. The van der Waals surface area contributed by atoms with Crippen molar-refractivity contribution in [1.29, 1.82) is 0 Å². The van der Waals surface area contributed by atoms with Crippen molar-refractivity contribution in [2.75, 3.05) is 0 Å². The van der Waals surface area contributed by atoms with Crippen molar-refractivity contribution in [3.05, 3.63) is 41.1 Å². The summed E-state index contributed by atoms with van der Waals surface area (Å²) in [6.45, 7) is 6.00. The van der Waals surface area contributed by atoms with Gasteiger partial charge in [0, 0.05) is 5.56 Å². The molecule has 0 radical (unpaired) electrons. The van der Waals surface area contributed by atoms with Crippen molar-refractivity contribution >= 4 is 7.32 Å². The van der Waals surface area contributed by atoms with Crippen LogP contribution in [0.2, 0.25) is 0 Å². The molecule has 118 valence electrons. The smallest absolute Gasteiger partial charge is 1.00 e.